The summed E-state index contributed by atoms with van der Waals surface area (Å²) in [6.07, 6.45) is 3.57. The highest BCUT2D eigenvalue weighted by molar-refractivity contribution is 6.29. The molecule has 116 valence electrons. The van der Waals surface area contributed by atoms with Gasteiger partial charge in [-0.1, -0.05) is 17.7 Å². The Bertz CT molecular complexity index is 485. The van der Waals surface area contributed by atoms with Gasteiger partial charge in [0.25, 0.3) is 0 Å². The minimum absolute atomic E-state index is 0.268. The Morgan fingerprint density at radius 3 is 2.90 bits per heavy atom. The van der Waals surface area contributed by atoms with E-state index in [1.165, 1.54) is 0 Å². The summed E-state index contributed by atoms with van der Waals surface area (Å²) in [6.45, 7) is 6.98. The smallest absolute Gasteiger partial charge is 0.408 e. The Labute approximate surface area is 130 Å². The van der Waals surface area contributed by atoms with Crippen LogP contribution in [0.1, 0.15) is 45.2 Å². The largest absolute Gasteiger partial charge is 0.444 e. The van der Waals surface area contributed by atoms with Gasteiger partial charge in [-0.2, -0.15) is 0 Å². The fraction of sp³-hybridized carbons (Fsp3) is 0.600. The van der Waals surface area contributed by atoms with E-state index in [1.807, 2.05) is 26.8 Å². The molecule has 1 amide bonds. The van der Waals surface area contributed by atoms with Crippen molar-refractivity contribution in [1.29, 1.82) is 0 Å². The maximum absolute atomic E-state index is 11.7. The lowest BCUT2D eigenvalue weighted by atomic mass is 10.1. The number of aromatic nitrogens is 1. The predicted molar refractivity (Wildman–Crippen MR) is 82.2 cm³/mol. The highest BCUT2D eigenvalue weighted by atomic mass is 35.5. The molecular formula is C15H22ClN3O2. The number of ether oxygens (including phenoxy) is 1. The highest BCUT2D eigenvalue weighted by Crippen LogP contribution is 2.31. The quantitative estimate of drug-likeness (QED) is 0.870. The van der Waals surface area contributed by atoms with Crippen molar-refractivity contribution < 1.29 is 9.53 Å². The summed E-state index contributed by atoms with van der Waals surface area (Å²) in [6, 6.07) is 4.06. The van der Waals surface area contributed by atoms with Crippen LogP contribution in [0.5, 0.6) is 0 Å². The van der Waals surface area contributed by atoms with E-state index in [1.54, 1.807) is 12.3 Å². The molecule has 0 unspecified atom stereocenters. The molecule has 21 heavy (non-hydrogen) atoms. The summed E-state index contributed by atoms with van der Waals surface area (Å²) in [5.74, 6) is 0. The molecule has 5 nitrogen and oxygen atoms in total. The van der Waals surface area contributed by atoms with E-state index in [9.17, 15) is 4.79 Å². The van der Waals surface area contributed by atoms with Crippen molar-refractivity contribution in [3.63, 3.8) is 0 Å². The van der Waals surface area contributed by atoms with E-state index in [-0.39, 0.29) is 12.1 Å². The lowest BCUT2D eigenvalue weighted by molar-refractivity contribution is 0.0486. The summed E-state index contributed by atoms with van der Waals surface area (Å²) < 4.78 is 5.25. The van der Waals surface area contributed by atoms with Crippen LogP contribution in [0.3, 0.4) is 0 Å². The molecule has 1 aliphatic rings. The Morgan fingerprint density at radius 1 is 1.52 bits per heavy atom. The van der Waals surface area contributed by atoms with Crippen molar-refractivity contribution in [2.24, 2.45) is 0 Å². The number of likely N-dealkylation sites (tertiary alicyclic amines) is 1. The fourth-order valence-electron chi connectivity index (χ4n) is 2.46. The predicted octanol–water partition coefficient (Wildman–Crippen LogP) is 3.35. The maximum Gasteiger partial charge on any atom is 0.408 e. The van der Waals surface area contributed by atoms with Crippen LogP contribution in [0, 0.1) is 0 Å². The van der Waals surface area contributed by atoms with Crippen LogP contribution < -0.4 is 5.32 Å². The van der Waals surface area contributed by atoms with Gasteiger partial charge in [-0.05, 0) is 45.2 Å². The normalized spacial score (nSPS) is 19.5. The second kappa shape index (κ2) is 6.62. The number of pyridine rings is 1. The monoisotopic (exact) mass is 311 g/mol. The minimum atomic E-state index is -0.478. The molecular weight excluding hydrogens is 290 g/mol. The first-order valence-electron chi connectivity index (χ1n) is 7.17. The fourth-order valence-corrected chi connectivity index (χ4v) is 2.57. The third-order valence-corrected chi connectivity index (χ3v) is 3.55. The number of carbonyl (C=O) groups is 1. The molecule has 0 radical (unpaired) electrons. The number of rotatable bonds is 3. The number of hydrogen-bond acceptors (Lipinski definition) is 4. The van der Waals surface area contributed by atoms with Crippen LogP contribution in [0.25, 0.3) is 0 Å². The van der Waals surface area contributed by atoms with E-state index in [2.05, 4.69) is 15.2 Å². The third kappa shape index (κ3) is 4.86. The molecule has 1 aliphatic heterocycles. The number of amides is 1. The first-order valence-corrected chi connectivity index (χ1v) is 7.55. The lowest BCUT2D eigenvalue weighted by Crippen LogP contribution is -2.40. The molecule has 2 rings (SSSR count). The van der Waals surface area contributed by atoms with E-state index < -0.39 is 5.60 Å². The van der Waals surface area contributed by atoms with Crippen LogP contribution in [0.15, 0.2) is 18.3 Å². The first-order chi connectivity index (χ1) is 9.85. The molecule has 0 aliphatic carbocycles. The number of alkyl carbamates (subject to hydrolysis) is 1. The molecule has 1 aromatic heterocycles. The first kappa shape index (κ1) is 16.0. The average Bonchev–Trinajstić information content (AvgIpc) is 2.83. The SMILES string of the molecule is CC(C)(C)OC(=O)NCN1CCC[C@H]1c1ccc(Cl)nc1. The molecule has 1 N–H and O–H groups in total. The van der Waals surface area contributed by atoms with Crippen LogP contribution in [-0.2, 0) is 4.74 Å². The van der Waals surface area contributed by atoms with Crippen molar-refractivity contribution >= 4 is 17.7 Å². The van der Waals surface area contributed by atoms with Gasteiger partial charge in [0.1, 0.15) is 10.8 Å². The zero-order valence-corrected chi connectivity index (χ0v) is 13.5. The number of nitrogens with one attached hydrogen (secondary N) is 1. The zero-order chi connectivity index (χ0) is 15.5. The molecule has 1 fully saturated rings. The zero-order valence-electron chi connectivity index (χ0n) is 12.7. The Hall–Kier alpha value is -1.33. The van der Waals surface area contributed by atoms with Crippen molar-refractivity contribution in [2.45, 2.75) is 45.3 Å². The Morgan fingerprint density at radius 2 is 2.29 bits per heavy atom. The van der Waals surface area contributed by atoms with Crippen molar-refractivity contribution in [3.05, 3.63) is 29.0 Å². The van der Waals surface area contributed by atoms with E-state index in [0.29, 0.717) is 11.8 Å². The highest BCUT2D eigenvalue weighted by Gasteiger charge is 2.27. The molecule has 1 aromatic rings. The van der Waals surface area contributed by atoms with Crippen LogP contribution in [0.4, 0.5) is 4.79 Å². The topological polar surface area (TPSA) is 54.5 Å². The van der Waals surface area contributed by atoms with E-state index in [0.717, 1.165) is 24.9 Å². The third-order valence-electron chi connectivity index (χ3n) is 3.32. The molecule has 1 saturated heterocycles. The summed E-state index contributed by atoms with van der Waals surface area (Å²) in [5, 5.41) is 3.31. The van der Waals surface area contributed by atoms with Crippen LogP contribution >= 0.6 is 11.6 Å². The molecule has 0 aromatic carbocycles. The molecule has 0 spiro atoms. The van der Waals surface area contributed by atoms with Crippen molar-refractivity contribution in [1.82, 2.24) is 15.2 Å². The molecule has 1 atom stereocenters. The summed E-state index contributed by atoms with van der Waals surface area (Å²) in [5.41, 5.74) is 0.650. The Kier molecular flexibility index (Phi) is 5.06. The molecule has 0 saturated carbocycles. The standard InChI is InChI=1S/C15H22ClN3O2/c1-15(2,3)21-14(20)18-10-19-8-4-5-12(19)11-6-7-13(16)17-9-11/h6-7,9,12H,4-5,8,10H2,1-3H3,(H,18,20)/t12-/m0/s1. The minimum Gasteiger partial charge on any atom is -0.444 e. The van der Waals surface area contributed by atoms with Crippen LogP contribution in [0.2, 0.25) is 5.15 Å². The summed E-state index contributed by atoms with van der Waals surface area (Å²) in [7, 11) is 0. The van der Waals surface area contributed by atoms with Gasteiger partial charge in [0.2, 0.25) is 0 Å². The summed E-state index contributed by atoms with van der Waals surface area (Å²) >= 11 is 5.82. The maximum atomic E-state index is 11.7. The van der Waals surface area contributed by atoms with Crippen molar-refractivity contribution in [3.8, 4) is 0 Å². The Balaban J connectivity index is 1.90. The van der Waals surface area contributed by atoms with E-state index >= 15 is 0 Å². The second-order valence-electron chi connectivity index (χ2n) is 6.22. The lowest BCUT2D eigenvalue weighted by Gasteiger charge is -2.26. The molecule has 6 heteroatoms. The van der Waals surface area contributed by atoms with Gasteiger partial charge in [0, 0.05) is 18.8 Å². The summed E-state index contributed by atoms with van der Waals surface area (Å²) in [4.78, 5) is 18.1. The van der Waals surface area contributed by atoms with Gasteiger partial charge in [-0.15, -0.1) is 0 Å². The number of carbonyl (C=O) groups excluding carboxylic acids is 1. The molecule has 0 bridgehead atoms. The molecule has 2 heterocycles. The average molecular weight is 312 g/mol. The van der Waals surface area contributed by atoms with E-state index in [4.69, 9.17) is 16.3 Å². The van der Waals surface area contributed by atoms with Gasteiger partial charge in [-0.3, -0.25) is 4.90 Å². The number of halogens is 1. The van der Waals surface area contributed by atoms with Crippen molar-refractivity contribution in [2.75, 3.05) is 13.2 Å². The van der Waals surface area contributed by atoms with Gasteiger partial charge >= 0.3 is 6.09 Å². The van der Waals surface area contributed by atoms with Gasteiger partial charge in [0.15, 0.2) is 0 Å². The van der Waals surface area contributed by atoms with Gasteiger partial charge in [0.05, 0.1) is 6.67 Å². The van der Waals surface area contributed by atoms with Crippen LogP contribution in [-0.4, -0.2) is 34.8 Å². The number of nitrogens with zero attached hydrogens (tertiary/aromatic N) is 2. The second-order valence-corrected chi connectivity index (χ2v) is 6.61. The van der Waals surface area contributed by atoms with Gasteiger partial charge in [-0.25, -0.2) is 9.78 Å². The number of hydrogen-bond donors (Lipinski definition) is 1. The van der Waals surface area contributed by atoms with Gasteiger partial charge < -0.3 is 10.1 Å².